The molecule has 60 valence electrons. The lowest BCUT2D eigenvalue weighted by Crippen LogP contribution is -1.71. The van der Waals surface area contributed by atoms with Crippen molar-refractivity contribution in [2.75, 3.05) is 0 Å². The van der Waals surface area contributed by atoms with Crippen LogP contribution in [0.3, 0.4) is 0 Å². The Morgan fingerprint density at radius 2 is 2.42 bits per heavy atom. The third kappa shape index (κ3) is 1.62. The predicted octanol–water partition coefficient (Wildman–Crippen LogP) is 2.64. The molecule has 0 saturated carbocycles. The van der Waals surface area contributed by atoms with E-state index in [2.05, 4.69) is 26.8 Å². The summed E-state index contributed by atoms with van der Waals surface area (Å²) in [6, 6.07) is 2.07. The molecule has 0 unspecified atom stereocenters. The molecule has 0 aliphatic heterocycles. The molecule has 0 atom stereocenters. The summed E-state index contributed by atoms with van der Waals surface area (Å²) in [6.07, 6.45) is 7.55. The van der Waals surface area contributed by atoms with E-state index in [1.165, 1.54) is 5.56 Å². The van der Waals surface area contributed by atoms with Gasteiger partial charge in [0.1, 0.15) is 5.82 Å². The van der Waals surface area contributed by atoms with Crippen LogP contribution in [0.5, 0.6) is 0 Å². The van der Waals surface area contributed by atoms with Crippen molar-refractivity contribution in [3.8, 4) is 0 Å². The molecule has 2 nitrogen and oxygen atoms in total. The van der Waals surface area contributed by atoms with Crippen LogP contribution >= 0.6 is 11.3 Å². The third-order valence-electron chi connectivity index (χ3n) is 1.50. The zero-order chi connectivity index (χ0) is 8.23. The molecule has 1 N–H and O–H groups in total. The molecule has 2 aromatic heterocycles. The van der Waals surface area contributed by atoms with Crippen molar-refractivity contribution in [1.29, 1.82) is 0 Å². The average molecular weight is 176 g/mol. The van der Waals surface area contributed by atoms with E-state index in [9.17, 15) is 0 Å². The maximum Gasteiger partial charge on any atom is 0.129 e. The van der Waals surface area contributed by atoms with E-state index >= 15 is 0 Å². The first-order valence-corrected chi connectivity index (χ1v) is 4.59. The van der Waals surface area contributed by atoms with Gasteiger partial charge in [-0.25, -0.2) is 4.98 Å². The van der Waals surface area contributed by atoms with E-state index in [4.69, 9.17) is 0 Å². The summed E-state index contributed by atoms with van der Waals surface area (Å²) < 4.78 is 0. The number of aromatic nitrogens is 2. The summed E-state index contributed by atoms with van der Waals surface area (Å²) in [5.74, 6) is 0.890. The highest BCUT2D eigenvalue weighted by Crippen LogP contribution is 2.09. The number of hydrogen-bond acceptors (Lipinski definition) is 2. The van der Waals surface area contributed by atoms with Gasteiger partial charge in [-0.05, 0) is 28.5 Å². The summed E-state index contributed by atoms with van der Waals surface area (Å²) >= 11 is 1.69. The number of thiophene rings is 1. The SMILES string of the molecule is C(=C\c1ncc[nH]1)/c1ccsc1. The molecule has 2 rings (SSSR count). The first-order chi connectivity index (χ1) is 5.95. The summed E-state index contributed by atoms with van der Waals surface area (Å²) in [5.41, 5.74) is 1.22. The zero-order valence-electron chi connectivity index (χ0n) is 6.40. The van der Waals surface area contributed by atoms with Crippen molar-refractivity contribution < 1.29 is 0 Å². The molecular formula is C9H8N2S. The van der Waals surface area contributed by atoms with Crippen LogP contribution in [0.1, 0.15) is 11.4 Å². The highest BCUT2D eigenvalue weighted by atomic mass is 32.1. The van der Waals surface area contributed by atoms with Gasteiger partial charge in [0, 0.05) is 12.4 Å². The molecule has 0 amide bonds. The molecule has 0 aliphatic rings. The smallest absolute Gasteiger partial charge is 0.129 e. The van der Waals surface area contributed by atoms with Gasteiger partial charge in [0.25, 0.3) is 0 Å². The summed E-state index contributed by atoms with van der Waals surface area (Å²) in [5, 5.41) is 4.15. The lowest BCUT2D eigenvalue weighted by Gasteiger charge is -1.82. The first-order valence-electron chi connectivity index (χ1n) is 3.65. The minimum atomic E-state index is 0.890. The van der Waals surface area contributed by atoms with E-state index < -0.39 is 0 Å². The van der Waals surface area contributed by atoms with Gasteiger partial charge in [-0.15, -0.1) is 0 Å². The van der Waals surface area contributed by atoms with E-state index in [0.29, 0.717) is 0 Å². The highest BCUT2D eigenvalue weighted by molar-refractivity contribution is 7.08. The monoisotopic (exact) mass is 176 g/mol. The molecule has 0 bridgehead atoms. The Morgan fingerprint density at radius 3 is 3.08 bits per heavy atom. The maximum atomic E-state index is 4.08. The van der Waals surface area contributed by atoms with Gasteiger partial charge < -0.3 is 4.98 Å². The Hall–Kier alpha value is -1.35. The Bertz CT molecular complexity index is 310. The number of hydrogen-bond donors (Lipinski definition) is 1. The topological polar surface area (TPSA) is 28.7 Å². The van der Waals surface area contributed by atoms with Gasteiger partial charge in [-0.3, -0.25) is 0 Å². The minimum Gasteiger partial charge on any atom is -0.345 e. The largest absolute Gasteiger partial charge is 0.345 e. The number of rotatable bonds is 2. The van der Waals surface area contributed by atoms with Crippen LogP contribution < -0.4 is 0 Å². The third-order valence-corrected chi connectivity index (χ3v) is 2.20. The molecule has 0 aromatic carbocycles. The van der Waals surface area contributed by atoms with Crippen LogP contribution in [0, 0.1) is 0 Å². The number of aromatic amines is 1. The van der Waals surface area contributed by atoms with Gasteiger partial charge in [0.2, 0.25) is 0 Å². The first kappa shape index (κ1) is 7.31. The van der Waals surface area contributed by atoms with Gasteiger partial charge in [0.15, 0.2) is 0 Å². The van der Waals surface area contributed by atoms with Gasteiger partial charge in [-0.2, -0.15) is 11.3 Å². The van der Waals surface area contributed by atoms with Crippen molar-refractivity contribution in [2.24, 2.45) is 0 Å². The van der Waals surface area contributed by atoms with Crippen LogP contribution in [-0.2, 0) is 0 Å². The quantitative estimate of drug-likeness (QED) is 0.748. The van der Waals surface area contributed by atoms with E-state index in [1.807, 2.05) is 18.3 Å². The fourth-order valence-corrected chi connectivity index (χ4v) is 1.54. The summed E-state index contributed by atoms with van der Waals surface area (Å²) in [6.45, 7) is 0. The lowest BCUT2D eigenvalue weighted by molar-refractivity contribution is 1.27. The molecule has 2 aromatic rings. The summed E-state index contributed by atoms with van der Waals surface area (Å²) in [4.78, 5) is 7.08. The van der Waals surface area contributed by atoms with Crippen LogP contribution in [0.15, 0.2) is 29.2 Å². The van der Waals surface area contributed by atoms with Gasteiger partial charge >= 0.3 is 0 Å². The van der Waals surface area contributed by atoms with Crippen molar-refractivity contribution in [1.82, 2.24) is 9.97 Å². The van der Waals surface area contributed by atoms with Crippen molar-refractivity contribution >= 4 is 23.5 Å². The fourth-order valence-electron chi connectivity index (χ4n) is 0.914. The van der Waals surface area contributed by atoms with Crippen LogP contribution in [0.2, 0.25) is 0 Å². The molecule has 2 heterocycles. The molecular weight excluding hydrogens is 168 g/mol. The maximum absolute atomic E-state index is 4.08. The van der Waals surface area contributed by atoms with Crippen LogP contribution in [-0.4, -0.2) is 9.97 Å². The Labute approximate surface area is 74.6 Å². The van der Waals surface area contributed by atoms with Crippen molar-refractivity contribution in [3.63, 3.8) is 0 Å². The van der Waals surface area contributed by atoms with E-state index in [1.54, 1.807) is 17.5 Å². The number of H-pyrrole nitrogens is 1. The van der Waals surface area contributed by atoms with Crippen molar-refractivity contribution in [2.45, 2.75) is 0 Å². The fraction of sp³-hybridized carbons (Fsp3) is 0. The molecule has 0 fully saturated rings. The summed E-state index contributed by atoms with van der Waals surface area (Å²) in [7, 11) is 0. The second-order valence-electron chi connectivity index (χ2n) is 2.36. The molecule has 0 saturated heterocycles. The molecule has 12 heavy (non-hydrogen) atoms. The van der Waals surface area contributed by atoms with Gasteiger partial charge in [-0.1, -0.05) is 6.08 Å². The predicted molar refractivity (Wildman–Crippen MR) is 51.8 cm³/mol. The standard InChI is InChI=1S/C9H8N2S/c1(8-3-6-12-7-8)2-9-10-4-5-11-9/h1-7H,(H,10,11)/b2-1+. The molecule has 0 aliphatic carbocycles. The molecule has 0 spiro atoms. The van der Waals surface area contributed by atoms with Crippen LogP contribution in [0.25, 0.3) is 12.2 Å². The second kappa shape index (κ2) is 3.36. The van der Waals surface area contributed by atoms with Crippen LogP contribution in [0.4, 0.5) is 0 Å². The number of nitrogens with one attached hydrogen (secondary N) is 1. The Morgan fingerprint density at radius 1 is 1.42 bits per heavy atom. The normalized spacial score (nSPS) is 11.0. The molecule has 3 heteroatoms. The van der Waals surface area contributed by atoms with E-state index in [-0.39, 0.29) is 0 Å². The second-order valence-corrected chi connectivity index (χ2v) is 3.14. The van der Waals surface area contributed by atoms with Crippen molar-refractivity contribution in [3.05, 3.63) is 40.6 Å². The zero-order valence-corrected chi connectivity index (χ0v) is 7.21. The van der Waals surface area contributed by atoms with E-state index in [0.717, 1.165) is 5.82 Å². The molecule has 0 radical (unpaired) electrons. The Balaban J connectivity index is 2.14. The van der Waals surface area contributed by atoms with Gasteiger partial charge in [0.05, 0.1) is 0 Å². The minimum absolute atomic E-state index is 0.890. The Kier molecular flexibility index (Phi) is 2.05. The lowest BCUT2D eigenvalue weighted by atomic mass is 10.3. The average Bonchev–Trinajstić information content (AvgIpc) is 2.74. The number of nitrogens with zero attached hydrogens (tertiary/aromatic N) is 1. The number of imidazole rings is 1. The highest BCUT2D eigenvalue weighted by Gasteiger charge is 1.87.